The number of amides is 1. The molecule has 0 aromatic heterocycles. The molecule has 2 N–H and O–H groups in total. The fraction of sp³-hybridized carbons (Fsp3) is 0.500. The lowest BCUT2D eigenvalue weighted by Gasteiger charge is -2.32. The molecule has 1 unspecified atom stereocenters. The van der Waals surface area contributed by atoms with E-state index in [2.05, 4.69) is 6.92 Å². The smallest absolute Gasteiger partial charge is 0.257 e. The highest BCUT2D eigenvalue weighted by molar-refractivity contribution is 6.34. The Hall–Kier alpha value is -1.22. The third-order valence-corrected chi connectivity index (χ3v) is 3.96. The summed E-state index contributed by atoms with van der Waals surface area (Å²) in [7, 11) is 0. The van der Waals surface area contributed by atoms with Gasteiger partial charge >= 0.3 is 0 Å². The second-order valence-electron chi connectivity index (χ2n) is 4.87. The summed E-state index contributed by atoms with van der Waals surface area (Å²) in [4.78, 5) is 14.3. The first kappa shape index (κ1) is 13.2. The molecule has 98 valence electrons. The summed E-state index contributed by atoms with van der Waals surface area (Å²) >= 11 is 6.09. The number of hydrogen-bond acceptors (Lipinski definition) is 2. The summed E-state index contributed by atoms with van der Waals surface area (Å²) in [6, 6.07) is 5.20. The standard InChI is InChI=1S/C14H19ClN2O/c1-2-10-5-4-8-17(9-10)14(18)13-11(15)6-3-7-12(13)16/h3,6-7,10H,2,4-5,8-9,16H2,1H3. The van der Waals surface area contributed by atoms with Crippen LogP contribution in [0.1, 0.15) is 36.5 Å². The molecular weight excluding hydrogens is 248 g/mol. The maximum Gasteiger partial charge on any atom is 0.257 e. The van der Waals surface area contributed by atoms with Gasteiger partial charge in [-0.2, -0.15) is 0 Å². The van der Waals surface area contributed by atoms with Gasteiger partial charge in [-0.15, -0.1) is 0 Å². The highest BCUT2D eigenvalue weighted by Crippen LogP contribution is 2.26. The average Bonchev–Trinajstić information content (AvgIpc) is 2.38. The first-order valence-electron chi connectivity index (χ1n) is 6.46. The van der Waals surface area contributed by atoms with Gasteiger partial charge in [0, 0.05) is 18.8 Å². The molecule has 1 aromatic rings. The molecule has 0 radical (unpaired) electrons. The van der Waals surface area contributed by atoms with Gasteiger partial charge in [0.05, 0.1) is 10.6 Å². The molecule has 1 fully saturated rings. The van der Waals surface area contributed by atoms with Crippen LogP contribution in [0.25, 0.3) is 0 Å². The number of halogens is 1. The summed E-state index contributed by atoms with van der Waals surface area (Å²) in [6.07, 6.45) is 3.38. The zero-order valence-electron chi connectivity index (χ0n) is 10.7. The van der Waals surface area contributed by atoms with Crippen molar-refractivity contribution in [2.45, 2.75) is 26.2 Å². The molecule has 1 saturated heterocycles. The molecule has 0 saturated carbocycles. The van der Waals surface area contributed by atoms with Crippen LogP contribution in [0.15, 0.2) is 18.2 Å². The Morgan fingerprint density at radius 1 is 1.56 bits per heavy atom. The van der Waals surface area contributed by atoms with Crippen molar-refractivity contribution in [3.05, 3.63) is 28.8 Å². The normalized spacial score (nSPS) is 19.9. The van der Waals surface area contributed by atoms with Gasteiger partial charge in [0.25, 0.3) is 5.91 Å². The van der Waals surface area contributed by atoms with Gasteiger partial charge in [-0.05, 0) is 30.9 Å². The molecule has 0 bridgehead atoms. The van der Waals surface area contributed by atoms with Crippen molar-refractivity contribution in [1.82, 2.24) is 4.90 Å². The Morgan fingerprint density at radius 3 is 3.00 bits per heavy atom. The highest BCUT2D eigenvalue weighted by Gasteiger charge is 2.25. The maximum absolute atomic E-state index is 12.5. The largest absolute Gasteiger partial charge is 0.398 e. The van der Waals surface area contributed by atoms with Crippen LogP contribution in [-0.4, -0.2) is 23.9 Å². The topological polar surface area (TPSA) is 46.3 Å². The predicted molar refractivity (Wildman–Crippen MR) is 74.8 cm³/mol. The van der Waals surface area contributed by atoms with Crippen molar-refractivity contribution in [2.75, 3.05) is 18.8 Å². The molecule has 18 heavy (non-hydrogen) atoms. The van der Waals surface area contributed by atoms with Crippen LogP contribution < -0.4 is 5.73 Å². The number of carbonyl (C=O) groups excluding carboxylic acids is 1. The Morgan fingerprint density at radius 2 is 2.33 bits per heavy atom. The molecular formula is C14H19ClN2O. The molecule has 1 amide bonds. The number of anilines is 1. The molecule has 1 heterocycles. The lowest BCUT2D eigenvalue weighted by Crippen LogP contribution is -2.40. The van der Waals surface area contributed by atoms with Gasteiger partial charge in [0.15, 0.2) is 0 Å². The van der Waals surface area contributed by atoms with Crippen LogP contribution in [0.2, 0.25) is 5.02 Å². The lowest BCUT2D eigenvalue weighted by atomic mass is 9.95. The van der Waals surface area contributed by atoms with E-state index < -0.39 is 0 Å². The van der Waals surface area contributed by atoms with Gasteiger partial charge in [0.2, 0.25) is 0 Å². The van der Waals surface area contributed by atoms with Crippen LogP contribution in [0, 0.1) is 5.92 Å². The quantitative estimate of drug-likeness (QED) is 0.836. The number of carbonyl (C=O) groups is 1. The number of likely N-dealkylation sites (tertiary alicyclic amines) is 1. The van der Waals surface area contributed by atoms with Crippen molar-refractivity contribution >= 4 is 23.2 Å². The van der Waals surface area contributed by atoms with E-state index in [0.717, 1.165) is 25.9 Å². The average molecular weight is 267 g/mol. The molecule has 0 spiro atoms. The van der Waals surface area contributed by atoms with E-state index in [1.54, 1.807) is 18.2 Å². The van der Waals surface area contributed by atoms with Gasteiger partial charge in [0.1, 0.15) is 0 Å². The molecule has 0 aliphatic carbocycles. The number of benzene rings is 1. The van der Waals surface area contributed by atoms with Crippen molar-refractivity contribution in [3.63, 3.8) is 0 Å². The molecule has 3 nitrogen and oxygen atoms in total. The maximum atomic E-state index is 12.5. The first-order valence-corrected chi connectivity index (χ1v) is 6.84. The number of nitrogens with zero attached hydrogens (tertiary/aromatic N) is 1. The van der Waals surface area contributed by atoms with Crippen LogP contribution in [0.3, 0.4) is 0 Å². The summed E-state index contributed by atoms with van der Waals surface area (Å²) in [6.45, 7) is 3.79. The van der Waals surface area contributed by atoms with Crippen molar-refractivity contribution in [2.24, 2.45) is 5.92 Å². The minimum Gasteiger partial charge on any atom is -0.398 e. The number of piperidine rings is 1. The molecule has 4 heteroatoms. The van der Waals surface area contributed by atoms with Crippen molar-refractivity contribution in [1.29, 1.82) is 0 Å². The summed E-state index contributed by atoms with van der Waals surface area (Å²) < 4.78 is 0. The summed E-state index contributed by atoms with van der Waals surface area (Å²) in [5.41, 5.74) is 6.78. The minimum atomic E-state index is -0.0312. The second kappa shape index (κ2) is 5.61. The van der Waals surface area contributed by atoms with Gasteiger partial charge in [-0.3, -0.25) is 4.79 Å². The fourth-order valence-corrected chi connectivity index (χ4v) is 2.77. The van der Waals surface area contributed by atoms with E-state index in [4.69, 9.17) is 17.3 Å². The van der Waals surface area contributed by atoms with Gasteiger partial charge in [-0.25, -0.2) is 0 Å². The summed E-state index contributed by atoms with van der Waals surface area (Å²) in [5, 5.41) is 0.443. The third kappa shape index (κ3) is 2.61. The minimum absolute atomic E-state index is 0.0312. The van der Waals surface area contributed by atoms with Crippen LogP contribution in [0.5, 0.6) is 0 Å². The van der Waals surface area contributed by atoms with Crippen LogP contribution in [-0.2, 0) is 0 Å². The number of hydrogen-bond donors (Lipinski definition) is 1. The van der Waals surface area contributed by atoms with Crippen molar-refractivity contribution in [3.8, 4) is 0 Å². The second-order valence-corrected chi connectivity index (χ2v) is 5.28. The van der Waals surface area contributed by atoms with Crippen LogP contribution in [0.4, 0.5) is 5.69 Å². The zero-order chi connectivity index (χ0) is 13.1. The van der Waals surface area contributed by atoms with Gasteiger partial charge < -0.3 is 10.6 Å². The highest BCUT2D eigenvalue weighted by atomic mass is 35.5. The lowest BCUT2D eigenvalue weighted by molar-refractivity contribution is 0.0672. The zero-order valence-corrected chi connectivity index (χ0v) is 11.4. The Bertz CT molecular complexity index is 427. The third-order valence-electron chi connectivity index (χ3n) is 3.64. The Kier molecular flexibility index (Phi) is 4.12. The van der Waals surface area contributed by atoms with Gasteiger partial charge in [-0.1, -0.05) is 31.0 Å². The molecule has 1 aliphatic heterocycles. The van der Waals surface area contributed by atoms with E-state index in [-0.39, 0.29) is 5.91 Å². The predicted octanol–water partition coefficient (Wildman–Crippen LogP) is 3.18. The SMILES string of the molecule is CCC1CCCN(C(=O)c2c(N)cccc2Cl)C1. The molecule has 1 aliphatic rings. The van der Waals surface area contributed by atoms with E-state index in [0.29, 0.717) is 22.2 Å². The number of nitrogens with two attached hydrogens (primary N) is 1. The monoisotopic (exact) mass is 266 g/mol. The van der Waals surface area contributed by atoms with Crippen LogP contribution >= 0.6 is 11.6 Å². The van der Waals surface area contributed by atoms with E-state index in [9.17, 15) is 4.79 Å². The Balaban J connectivity index is 2.20. The number of rotatable bonds is 2. The molecule has 2 rings (SSSR count). The van der Waals surface area contributed by atoms with Crippen molar-refractivity contribution < 1.29 is 4.79 Å². The number of nitrogen functional groups attached to an aromatic ring is 1. The summed E-state index contributed by atoms with van der Waals surface area (Å²) in [5.74, 6) is 0.572. The fourth-order valence-electron chi connectivity index (χ4n) is 2.51. The van der Waals surface area contributed by atoms with E-state index in [1.165, 1.54) is 6.42 Å². The first-order chi connectivity index (χ1) is 8.63. The van der Waals surface area contributed by atoms with E-state index in [1.807, 2.05) is 4.90 Å². The Labute approximate surface area is 113 Å². The molecule has 1 atom stereocenters. The molecule has 1 aromatic carbocycles. The van der Waals surface area contributed by atoms with E-state index >= 15 is 0 Å².